The zero-order chi connectivity index (χ0) is 6.74. The summed E-state index contributed by atoms with van der Waals surface area (Å²) in [5, 5.41) is 0. The summed E-state index contributed by atoms with van der Waals surface area (Å²) in [4.78, 5) is 0. The SMILES string of the molecule is CO[C@]1(C)C=CC=CC1. The van der Waals surface area contributed by atoms with Crippen LogP contribution in [0.15, 0.2) is 24.3 Å². The molecule has 0 saturated heterocycles. The minimum atomic E-state index is -0.0469. The van der Waals surface area contributed by atoms with Crippen LogP contribution in [0.5, 0.6) is 0 Å². The molecule has 1 rings (SSSR count). The van der Waals surface area contributed by atoms with E-state index < -0.39 is 0 Å². The lowest BCUT2D eigenvalue weighted by atomic mass is 9.98. The van der Waals surface area contributed by atoms with Crippen molar-refractivity contribution in [2.24, 2.45) is 0 Å². The van der Waals surface area contributed by atoms with Crippen molar-refractivity contribution in [1.82, 2.24) is 0 Å². The summed E-state index contributed by atoms with van der Waals surface area (Å²) < 4.78 is 5.24. The maximum absolute atomic E-state index is 5.24. The van der Waals surface area contributed by atoms with Gasteiger partial charge in [-0.2, -0.15) is 0 Å². The normalized spacial score (nSPS) is 33.1. The van der Waals surface area contributed by atoms with Crippen LogP contribution >= 0.6 is 0 Å². The monoisotopic (exact) mass is 124 g/mol. The number of methoxy groups -OCH3 is 1. The molecular weight excluding hydrogens is 112 g/mol. The second-order valence-electron chi connectivity index (χ2n) is 2.51. The fourth-order valence-corrected chi connectivity index (χ4v) is 0.859. The van der Waals surface area contributed by atoms with Gasteiger partial charge in [0.25, 0.3) is 0 Å². The van der Waals surface area contributed by atoms with E-state index in [1.54, 1.807) is 7.11 Å². The van der Waals surface area contributed by atoms with Crippen LogP contribution in [0.25, 0.3) is 0 Å². The molecule has 0 amide bonds. The average molecular weight is 124 g/mol. The molecule has 1 aliphatic carbocycles. The van der Waals surface area contributed by atoms with E-state index in [2.05, 4.69) is 19.1 Å². The zero-order valence-corrected chi connectivity index (χ0v) is 5.92. The Labute approximate surface area is 56.0 Å². The van der Waals surface area contributed by atoms with E-state index in [4.69, 9.17) is 4.74 Å². The molecule has 0 aliphatic heterocycles. The average Bonchev–Trinajstić information content (AvgIpc) is 1.90. The molecule has 0 aromatic rings. The van der Waals surface area contributed by atoms with Gasteiger partial charge < -0.3 is 4.74 Å². The van der Waals surface area contributed by atoms with Gasteiger partial charge in [-0.3, -0.25) is 0 Å². The molecule has 0 N–H and O–H groups in total. The predicted molar refractivity (Wildman–Crippen MR) is 38.3 cm³/mol. The highest BCUT2D eigenvalue weighted by molar-refractivity contribution is 5.16. The Morgan fingerprint density at radius 3 is 2.56 bits per heavy atom. The largest absolute Gasteiger partial charge is 0.374 e. The fraction of sp³-hybridized carbons (Fsp3) is 0.500. The molecular formula is C8H12O. The van der Waals surface area contributed by atoms with Crippen molar-refractivity contribution in [3.8, 4) is 0 Å². The van der Waals surface area contributed by atoms with Crippen molar-refractivity contribution < 1.29 is 4.74 Å². The van der Waals surface area contributed by atoms with Crippen molar-refractivity contribution in [3.63, 3.8) is 0 Å². The summed E-state index contributed by atoms with van der Waals surface area (Å²) in [6, 6.07) is 0. The Morgan fingerprint density at radius 1 is 1.44 bits per heavy atom. The Hall–Kier alpha value is -0.560. The number of hydrogen-bond donors (Lipinski definition) is 0. The first-order valence-electron chi connectivity index (χ1n) is 3.16. The maximum Gasteiger partial charge on any atom is 0.0868 e. The Balaban J connectivity index is 2.63. The molecule has 1 nitrogen and oxygen atoms in total. The van der Waals surface area contributed by atoms with Gasteiger partial charge >= 0.3 is 0 Å². The van der Waals surface area contributed by atoms with E-state index in [-0.39, 0.29) is 5.60 Å². The van der Waals surface area contributed by atoms with Gasteiger partial charge in [0.2, 0.25) is 0 Å². The summed E-state index contributed by atoms with van der Waals surface area (Å²) in [6.07, 6.45) is 9.24. The number of hydrogen-bond acceptors (Lipinski definition) is 1. The third-order valence-electron chi connectivity index (χ3n) is 1.69. The first-order chi connectivity index (χ1) is 4.27. The minimum Gasteiger partial charge on any atom is -0.374 e. The van der Waals surface area contributed by atoms with Gasteiger partial charge in [0.1, 0.15) is 0 Å². The van der Waals surface area contributed by atoms with E-state index in [9.17, 15) is 0 Å². The standard InChI is InChI=1S/C8H12O/c1-8(9-2)6-4-3-5-7-8/h3-6H,7H2,1-2H3/t8-/m1/s1. The van der Waals surface area contributed by atoms with Crippen molar-refractivity contribution in [3.05, 3.63) is 24.3 Å². The first-order valence-corrected chi connectivity index (χ1v) is 3.16. The van der Waals surface area contributed by atoms with Gasteiger partial charge in [0.05, 0.1) is 5.60 Å². The maximum atomic E-state index is 5.24. The summed E-state index contributed by atoms with van der Waals surface area (Å²) in [5.74, 6) is 0. The van der Waals surface area contributed by atoms with Crippen LogP contribution in [-0.2, 0) is 4.74 Å². The lowest BCUT2D eigenvalue weighted by Crippen LogP contribution is -2.24. The Bertz CT molecular complexity index is 147. The molecule has 0 aromatic heterocycles. The van der Waals surface area contributed by atoms with Gasteiger partial charge in [0.15, 0.2) is 0 Å². The van der Waals surface area contributed by atoms with Crippen LogP contribution < -0.4 is 0 Å². The third kappa shape index (κ3) is 1.42. The van der Waals surface area contributed by atoms with Crippen LogP contribution in [-0.4, -0.2) is 12.7 Å². The molecule has 1 heteroatoms. The van der Waals surface area contributed by atoms with Crippen molar-refractivity contribution >= 4 is 0 Å². The van der Waals surface area contributed by atoms with Crippen LogP contribution in [0.3, 0.4) is 0 Å². The molecule has 0 aromatic carbocycles. The fourth-order valence-electron chi connectivity index (χ4n) is 0.859. The quantitative estimate of drug-likeness (QED) is 0.518. The van der Waals surface area contributed by atoms with Crippen LogP contribution in [0, 0.1) is 0 Å². The lowest BCUT2D eigenvalue weighted by Gasteiger charge is -2.24. The third-order valence-corrected chi connectivity index (χ3v) is 1.69. The number of allylic oxidation sites excluding steroid dienone is 2. The van der Waals surface area contributed by atoms with E-state index in [0.29, 0.717) is 0 Å². The van der Waals surface area contributed by atoms with E-state index in [1.165, 1.54) is 0 Å². The molecule has 1 aliphatic rings. The molecule has 0 saturated carbocycles. The summed E-state index contributed by atoms with van der Waals surface area (Å²) >= 11 is 0. The highest BCUT2D eigenvalue weighted by atomic mass is 16.5. The molecule has 0 heterocycles. The molecule has 0 radical (unpaired) electrons. The van der Waals surface area contributed by atoms with Gasteiger partial charge in [0, 0.05) is 7.11 Å². The highest BCUT2D eigenvalue weighted by Gasteiger charge is 2.18. The van der Waals surface area contributed by atoms with E-state index in [1.807, 2.05) is 12.2 Å². The van der Waals surface area contributed by atoms with Gasteiger partial charge in [-0.1, -0.05) is 24.3 Å². The van der Waals surface area contributed by atoms with Crippen LogP contribution in [0.4, 0.5) is 0 Å². The van der Waals surface area contributed by atoms with Crippen molar-refractivity contribution in [1.29, 1.82) is 0 Å². The summed E-state index contributed by atoms with van der Waals surface area (Å²) in [7, 11) is 1.74. The molecule has 0 bridgehead atoms. The van der Waals surface area contributed by atoms with Crippen molar-refractivity contribution in [2.45, 2.75) is 18.9 Å². The van der Waals surface area contributed by atoms with Crippen LogP contribution in [0.1, 0.15) is 13.3 Å². The molecule has 0 fully saturated rings. The van der Waals surface area contributed by atoms with Gasteiger partial charge in [-0.25, -0.2) is 0 Å². The smallest absolute Gasteiger partial charge is 0.0868 e. The topological polar surface area (TPSA) is 9.23 Å². The molecule has 0 spiro atoms. The second-order valence-corrected chi connectivity index (χ2v) is 2.51. The van der Waals surface area contributed by atoms with Gasteiger partial charge in [-0.05, 0) is 13.3 Å². The van der Waals surface area contributed by atoms with Gasteiger partial charge in [-0.15, -0.1) is 0 Å². The summed E-state index contributed by atoms with van der Waals surface area (Å²) in [5.41, 5.74) is -0.0469. The zero-order valence-electron chi connectivity index (χ0n) is 5.92. The van der Waals surface area contributed by atoms with Crippen molar-refractivity contribution in [2.75, 3.05) is 7.11 Å². The Morgan fingerprint density at radius 2 is 2.22 bits per heavy atom. The number of ether oxygens (including phenoxy) is 1. The molecule has 9 heavy (non-hydrogen) atoms. The van der Waals surface area contributed by atoms with Crippen LogP contribution in [0.2, 0.25) is 0 Å². The lowest BCUT2D eigenvalue weighted by molar-refractivity contribution is 0.0506. The molecule has 50 valence electrons. The summed E-state index contributed by atoms with van der Waals surface area (Å²) in [6.45, 7) is 2.08. The minimum absolute atomic E-state index is 0.0469. The van der Waals surface area contributed by atoms with E-state index >= 15 is 0 Å². The molecule has 1 atom stereocenters. The van der Waals surface area contributed by atoms with E-state index in [0.717, 1.165) is 6.42 Å². The predicted octanol–water partition coefficient (Wildman–Crippen LogP) is 1.91. The Kier molecular flexibility index (Phi) is 1.72. The molecule has 0 unspecified atom stereocenters. The second kappa shape index (κ2) is 2.36. The first kappa shape index (κ1) is 6.56. The highest BCUT2D eigenvalue weighted by Crippen LogP contribution is 2.19. The number of rotatable bonds is 1.